The first-order valence-corrected chi connectivity index (χ1v) is 7.76. The number of rotatable bonds is 3. The van der Waals surface area contributed by atoms with Crippen molar-refractivity contribution in [3.63, 3.8) is 0 Å². The van der Waals surface area contributed by atoms with Gasteiger partial charge in [-0.05, 0) is 56.3 Å². The minimum Gasteiger partial charge on any atom is -0.461 e. The van der Waals surface area contributed by atoms with Gasteiger partial charge < -0.3 is 9.73 Å². The predicted octanol–water partition coefficient (Wildman–Crippen LogP) is 5.61. The fourth-order valence-corrected chi connectivity index (χ4v) is 2.52. The lowest BCUT2D eigenvalue weighted by Crippen LogP contribution is -2.13. The molecular formula is C19H15ClFNO2. The highest BCUT2D eigenvalue weighted by Gasteiger charge is 2.17. The van der Waals surface area contributed by atoms with Crippen LogP contribution in [0.5, 0.6) is 0 Å². The number of aryl methyl sites for hydroxylation is 1. The second-order valence-corrected chi connectivity index (χ2v) is 5.89. The summed E-state index contributed by atoms with van der Waals surface area (Å²) in [5.74, 6) is 0.362. The van der Waals surface area contributed by atoms with E-state index in [1.807, 2.05) is 12.1 Å². The smallest absolute Gasteiger partial charge is 0.259 e. The molecule has 122 valence electrons. The molecule has 0 aliphatic carbocycles. The lowest BCUT2D eigenvalue weighted by atomic mass is 10.1. The highest BCUT2D eigenvalue weighted by molar-refractivity contribution is 6.30. The summed E-state index contributed by atoms with van der Waals surface area (Å²) in [6.45, 7) is 3.33. The molecule has 1 heterocycles. The van der Waals surface area contributed by atoms with Crippen molar-refractivity contribution < 1.29 is 13.6 Å². The Morgan fingerprint density at radius 1 is 1.12 bits per heavy atom. The maximum absolute atomic E-state index is 13.6. The number of hydrogen-bond acceptors (Lipinski definition) is 2. The second-order valence-electron chi connectivity index (χ2n) is 5.45. The van der Waals surface area contributed by atoms with Crippen molar-refractivity contribution in [2.75, 3.05) is 5.32 Å². The molecule has 0 aliphatic rings. The number of amides is 1. The number of nitrogens with one attached hydrogen (secondary N) is 1. The normalized spacial score (nSPS) is 10.7. The van der Waals surface area contributed by atoms with Crippen LogP contribution in [-0.4, -0.2) is 5.91 Å². The second kappa shape index (κ2) is 6.49. The van der Waals surface area contributed by atoms with Gasteiger partial charge in [-0.15, -0.1) is 0 Å². The van der Waals surface area contributed by atoms with E-state index in [-0.39, 0.29) is 11.7 Å². The van der Waals surface area contributed by atoms with Crippen LogP contribution in [-0.2, 0) is 0 Å². The average Bonchev–Trinajstić information content (AvgIpc) is 2.94. The molecule has 0 unspecified atom stereocenters. The highest BCUT2D eigenvalue weighted by Crippen LogP contribution is 2.27. The van der Waals surface area contributed by atoms with E-state index in [1.165, 1.54) is 6.07 Å². The summed E-state index contributed by atoms with van der Waals surface area (Å²) in [7, 11) is 0. The van der Waals surface area contributed by atoms with Gasteiger partial charge in [0, 0.05) is 21.8 Å². The minimum atomic E-state index is -0.362. The van der Waals surface area contributed by atoms with Crippen molar-refractivity contribution in [2.45, 2.75) is 13.8 Å². The standard InChI is InChI=1S/C19H15ClFNO2/c1-11-16(21)4-3-5-17(11)22-19(23)15-10-18(24-12(15)2)13-6-8-14(20)9-7-13/h3-10H,1-2H3,(H,22,23). The summed E-state index contributed by atoms with van der Waals surface area (Å²) in [6, 6.07) is 13.4. The molecule has 2 aromatic carbocycles. The van der Waals surface area contributed by atoms with E-state index in [0.29, 0.717) is 33.4 Å². The number of benzene rings is 2. The molecule has 1 N–H and O–H groups in total. The van der Waals surface area contributed by atoms with E-state index >= 15 is 0 Å². The molecule has 0 atom stereocenters. The Labute approximate surface area is 144 Å². The van der Waals surface area contributed by atoms with Gasteiger partial charge in [-0.25, -0.2) is 4.39 Å². The summed E-state index contributed by atoms with van der Waals surface area (Å²) in [5, 5.41) is 3.35. The van der Waals surface area contributed by atoms with Gasteiger partial charge in [-0.1, -0.05) is 17.7 Å². The number of anilines is 1. The lowest BCUT2D eigenvalue weighted by Gasteiger charge is -2.08. The predicted molar refractivity (Wildman–Crippen MR) is 93.0 cm³/mol. The largest absolute Gasteiger partial charge is 0.461 e. The van der Waals surface area contributed by atoms with Crippen molar-refractivity contribution in [1.29, 1.82) is 0 Å². The van der Waals surface area contributed by atoms with Crippen LogP contribution in [0.4, 0.5) is 10.1 Å². The molecule has 0 saturated heterocycles. The Bertz CT molecular complexity index is 900. The van der Waals surface area contributed by atoms with Crippen molar-refractivity contribution in [3.05, 3.63) is 76.3 Å². The maximum atomic E-state index is 13.6. The topological polar surface area (TPSA) is 42.2 Å². The van der Waals surface area contributed by atoms with Crippen LogP contribution in [0.1, 0.15) is 21.7 Å². The van der Waals surface area contributed by atoms with Crippen molar-refractivity contribution in [2.24, 2.45) is 0 Å². The number of carbonyl (C=O) groups is 1. The Morgan fingerprint density at radius 3 is 2.54 bits per heavy atom. The first-order valence-electron chi connectivity index (χ1n) is 7.38. The lowest BCUT2D eigenvalue weighted by molar-refractivity contribution is 0.102. The molecule has 0 saturated carbocycles. The summed E-state index contributed by atoms with van der Waals surface area (Å²) in [5.41, 5.74) is 2.06. The fraction of sp³-hybridized carbons (Fsp3) is 0.105. The summed E-state index contributed by atoms with van der Waals surface area (Å²) < 4.78 is 19.3. The number of carbonyl (C=O) groups excluding carboxylic acids is 1. The van der Waals surface area contributed by atoms with Gasteiger partial charge in [0.2, 0.25) is 0 Å². The van der Waals surface area contributed by atoms with Gasteiger partial charge in [0.15, 0.2) is 0 Å². The third-order valence-electron chi connectivity index (χ3n) is 3.81. The van der Waals surface area contributed by atoms with Gasteiger partial charge in [-0.3, -0.25) is 4.79 Å². The molecule has 0 radical (unpaired) electrons. The first kappa shape index (κ1) is 16.3. The zero-order valence-corrected chi connectivity index (χ0v) is 13.9. The molecular weight excluding hydrogens is 329 g/mol. The molecule has 1 aromatic heterocycles. The molecule has 0 aliphatic heterocycles. The van der Waals surface area contributed by atoms with E-state index in [9.17, 15) is 9.18 Å². The molecule has 3 rings (SSSR count). The quantitative estimate of drug-likeness (QED) is 0.671. The Balaban J connectivity index is 1.88. The van der Waals surface area contributed by atoms with Gasteiger partial charge in [0.25, 0.3) is 5.91 Å². The molecule has 1 amide bonds. The molecule has 0 fully saturated rings. The van der Waals surface area contributed by atoms with E-state index in [0.717, 1.165) is 5.56 Å². The molecule has 0 spiro atoms. The van der Waals surface area contributed by atoms with E-state index < -0.39 is 0 Å². The maximum Gasteiger partial charge on any atom is 0.259 e. The van der Waals surface area contributed by atoms with E-state index in [4.69, 9.17) is 16.0 Å². The van der Waals surface area contributed by atoms with Crippen LogP contribution in [0.25, 0.3) is 11.3 Å². The minimum absolute atomic E-state index is 0.342. The summed E-state index contributed by atoms with van der Waals surface area (Å²) >= 11 is 5.88. The van der Waals surface area contributed by atoms with E-state index in [2.05, 4.69) is 5.32 Å². The van der Waals surface area contributed by atoms with Crippen molar-refractivity contribution in [1.82, 2.24) is 0 Å². The number of furan rings is 1. The van der Waals surface area contributed by atoms with Gasteiger partial charge in [0.1, 0.15) is 17.3 Å². The van der Waals surface area contributed by atoms with Crippen LogP contribution < -0.4 is 5.32 Å². The van der Waals surface area contributed by atoms with Crippen LogP contribution in [0, 0.1) is 19.7 Å². The van der Waals surface area contributed by atoms with Gasteiger partial charge in [0.05, 0.1) is 5.56 Å². The fourth-order valence-electron chi connectivity index (χ4n) is 2.40. The SMILES string of the molecule is Cc1oc(-c2ccc(Cl)cc2)cc1C(=O)Nc1cccc(F)c1C. The zero-order valence-electron chi connectivity index (χ0n) is 13.2. The molecule has 3 aromatic rings. The van der Waals surface area contributed by atoms with E-state index in [1.54, 1.807) is 44.2 Å². The number of hydrogen-bond donors (Lipinski definition) is 1. The summed E-state index contributed by atoms with van der Waals surface area (Å²) in [4.78, 5) is 12.5. The molecule has 5 heteroatoms. The molecule has 3 nitrogen and oxygen atoms in total. The van der Waals surface area contributed by atoms with Crippen LogP contribution >= 0.6 is 11.6 Å². The zero-order chi connectivity index (χ0) is 17.3. The Morgan fingerprint density at radius 2 is 1.83 bits per heavy atom. The summed E-state index contributed by atoms with van der Waals surface area (Å²) in [6.07, 6.45) is 0. The monoisotopic (exact) mass is 343 g/mol. The molecule has 24 heavy (non-hydrogen) atoms. The first-order chi connectivity index (χ1) is 11.5. The van der Waals surface area contributed by atoms with Crippen LogP contribution in [0.2, 0.25) is 5.02 Å². The van der Waals surface area contributed by atoms with Gasteiger partial charge >= 0.3 is 0 Å². The Hall–Kier alpha value is -2.59. The average molecular weight is 344 g/mol. The third kappa shape index (κ3) is 3.19. The highest BCUT2D eigenvalue weighted by atomic mass is 35.5. The number of halogens is 2. The van der Waals surface area contributed by atoms with Crippen LogP contribution in [0.15, 0.2) is 52.9 Å². The van der Waals surface area contributed by atoms with Crippen molar-refractivity contribution in [3.8, 4) is 11.3 Å². The van der Waals surface area contributed by atoms with Crippen molar-refractivity contribution >= 4 is 23.2 Å². The Kier molecular flexibility index (Phi) is 4.40. The third-order valence-corrected chi connectivity index (χ3v) is 4.06. The molecule has 0 bridgehead atoms. The van der Waals surface area contributed by atoms with Crippen LogP contribution in [0.3, 0.4) is 0 Å². The van der Waals surface area contributed by atoms with Gasteiger partial charge in [-0.2, -0.15) is 0 Å².